The summed E-state index contributed by atoms with van der Waals surface area (Å²) in [5.74, 6) is -1.98. The molecule has 3 heterocycles. The van der Waals surface area contributed by atoms with Crippen LogP contribution in [0.5, 0.6) is 11.5 Å². The molecular weight excluding hydrogens is 493 g/mol. The largest absolute Gasteiger partial charge is 0.501 e. The first-order chi connectivity index (χ1) is 17.2. The molecule has 0 aliphatic carbocycles. The number of fused-ring (bicyclic) bond motifs is 2. The van der Waals surface area contributed by atoms with Crippen LogP contribution in [0.2, 0.25) is 5.02 Å². The topological polar surface area (TPSA) is 111 Å². The third-order valence-electron chi connectivity index (χ3n) is 6.45. The molecule has 1 aromatic carbocycles. The molecule has 1 aromatic heterocycles. The zero-order valence-corrected chi connectivity index (χ0v) is 20.8. The highest BCUT2D eigenvalue weighted by atomic mass is 35.5. The van der Waals surface area contributed by atoms with Gasteiger partial charge in [-0.15, -0.1) is 0 Å². The van der Waals surface area contributed by atoms with E-state index in [1.54, 1.807) is 13.1 Å². The summed E-state index contributed by atoms with van der Waals surface area (Å²) in [5.41, 5.74) is -0.658. The third kappa shape index (κ3) is 5.01. The molecule has 2 aromatic rings. The highest BCUT2D eigenvalue weighted by molar-refractivity contribution is 6.30. The molecule has 1 amide bonds. The van der Waals surface area contributed by atoms with Crippen molar-refractivity contribution >= 4 is 23.3 Å². The van der Waals surface area contributed by atoms with Gasteiger partial charge in [-0.2, -0.15) is 0 Å². The van der Waals surface area contributed by atoms with Gasteiger partial charge in [0, 0.05) is 19.5 Å². The number of Topliss-reactive ketones (excluding diaryl/α,β-unsaturated/α-hetero) is 1. The normalized spacial score (nSPS) is 21.9. The molecule has 2 aliphatic rings. The van der Waals surface area contributed by atoms with E-state index in [-0.39, 0.29) is 60.9 Å². The molecule has 2 aliphatic heterocycles. The molecule has 0 saturated carbocycles. The molecule has 36 heavy (non-hydrogen) atoms. The van der Waals surface area contributed by atoms with Gasteiger partial charge >= 0.3 is 0 Å². The minimum absolute atomic E-state index is 0.0674. The Kier molecular flexibility index (Phi) is 7.75. The van der Waals surface area contributed by atoms with Crippen LogP contribution < -0.4 is 10.3 Å². The fourth-order valence-corrected chi connectivity index (χ4v) is 4.52. The summed E-state index contributed by atoms with van der Waals surface area (Å²) in [6.45, 7) is 2.29. The molecule has 192 valence electrons. The van der Waals surface area contributed by atoms with Gasteiger partial charge in [-0.25, -0.2) is 9.37 Å². The quantitative estimate of drug-likeness (QED) is 0.615. The van der Waals surface area contributed by atoms with Crippen molar-refractivity contribution in [1.82, 2.24) is 14.5 Å². The number of ether oxygens (including phenoxy) is 2. The number of aromatic nitrogens is 2. The van der Waals surface area contributed by atoms with Crippen LogP contribution in [0, 0.1) is 5.82 Å². The standard InChI is InChI=1S/C25H27ClFN3O6/c1-3-15-12-35-13-18-24-28-22(23(33)25(34)30(15)24)19(31)8-7-14-10-16(26)17(27)11-20(14)36-9-5-4-6-21(32)29(18)2/h4,6,10-11,15,18,33H,3,5,7-9,12-13H2,1-2H3/b6-4+/t15-,18?/m0/s1. The molecule has 9 nitrogen and oxygen atoms in total. The van der Waals surface area contributed by atoms with E-state index in [2.05, 4.69) is 4.98 Å². The molecule has 0 radical (unpaired) electrons. The van der Waals surface area contributed by atoms with Crippen molar-refractivity contribution in [2.75, 3.05) is 26.9 Å². The summed E-state index contributed by atoms with van der Waals surface area (Å²) in [7, 11) is 1.56. The lowest BCUT2D eigenvalue weighted by atomic mass is 10.0. The third-order valence-corrected chi connectivity index (χ3v) is 6.74. The molecule has 1 N–H and O–H groups in total. The fraction of sp³-hybridized carbons (Fsp3) is 0.440. The van der Waals surface area contributed by atoms with Crippen molar-refractivity contribution < 1.29 is 28.6 Å². The Hall–Kier alpha value is -3.24. The second-order valence-electron chi connectivity index (χ2n) is 8.74. The maximum absolute atomic E-state index is 14.1. The number of hydrogen-bond acceptors (Lipinski definition) is 7. The van der Waals surface area contributed by atoms with E-state index in [9.17, 15) is 23.9 Å². The fourth-order valence-electron chi connectivity index (χ4n) is 4.33. The van der Waals surface area contributed by atoms with Gasteiger partial charge in [0.1, 0.15) is 23.4 Å². The van der Waals surface area contributed by atoms with Gasteiger partial charge in [0.25, 0.3) is 5.56 Å². The van der Waals surface area contributed by atoms with Crippen LogP contribution in [0.1, 0.15) is 60.1 Å². The van der Waals surface area contributed by atoms with Crippen LogP contribution in [0.3, 0.4) is 0 Å². The molecule has 2 atom stereocenters. The van der Waals surface area contributed by atoms with Gasteiger partial charge in [0.15, 0.2) is 11.5 Å². The van der Waals surface area contributed by atoms with Crippen molar-refractivity contribution in [3.8, 4) is 11.5 Å². The number of halogens is 2. The van der Waals surface area contributed by atoms with Gasteiger partial charge in [-0.05, 0) is 37.0 Å². The highest BCUT2D eigenvalue weighted by Crippen LogP contribution is 2.30. The lowest BCUT2D eigenvalue weighted by Crippen LogP contribution is -2.38. The number of aryl methyl sites for hydroxylation is 1. The maximum Gasteiger partial charge on any atom is 0.296 e. The number of nitrogens with zero attached hydrogens (tertiary/aromatic N) is 3. The van der Waals surface area contributed by atoms with E-state index < -0.39 is 35.0 Å². The second-order valence-corrected chi connectivity index (χ2v) is 9.15. The molecular formula is C25H27ClFN3O6. The van der Waals surface area contributed by atoms with E-state index >= 15 is 0 Å². The zero-order valence-electron chi connectivity index (χ0n) is 20.0. The lowest BCUT2D eigenvalue weighted by molar-refractivity contribution is -0.128. The average Bonchev–Trinajstić information content (AvgIpc) is 3.04. The first-order valence-corrected chi connectivity index (χ1v) is 12.1. The number of benzene rings is 1. The minimum atomic E-state index is -0.767. The van der Waals surface area contributed by atoms with Gasteiger partial charge in [-0.1, -0.05) is 24.6 Å². The summed E-state index contributed by atoms with van der Waals surface area (Å²) < 4.78 is 26.9. The first-order valence-electron chi connectivity index (χ1n) is 11.7. The number of rotatable bonds is 1. The molecule has 0 fully saturated rings. The number of ketones is 1. The van der Waals surface area contributed by atoms with E-state index in [1.165, 1.54) is 21.6 Å². The Morgan fingerprint density at radius 1 is 1.22 bits per heavy atom. The van der Waals surface area contributed by atoms with Gasteiger partial charge in [0.05, 0.1) is 30.9 Å². The molecule has 0 spiro atoms. The predicted molar refractivity (Wildman–Crippen MR) is 129 cm³/mol. The molecule has 1 unspecified atom stereocenters. The van der Waals surface area contributed by atoms with Crippen LogP contribution in [0.15, 0.2) is 29.1 Å². The van der Waals surface area contributed by atoms with Crippen molar-refractivity contribution in [2.24, 2.45) is 0 Å². The van der Waals surface area contributed by atoms with E-state index in [0.29, 0.717) is 18.4 Å². The summed E-state index contributed by atoms with van der Waals surface area (Å²) in [6, 6.07) is 1.35. The van der Waals surface area contributed by atoms with Crippen molar-refractivity contribution in [2.45, 2.75) is 44.7 Å². The Balaban J connectivity index is 1.84. The van der Waals surface area contributed by atoms with E-state index in [1.807, 2.05) is 6.92 Å². The molecule has 4 rings (SSSR count). The van der Waals surface area contributed by atoms with Gasteiger partial charge in [0.2, 0.25) is 11.7 Å². The zero-order chi connectivity index (χ0) is 26.0. The minimum Gasteiger partial charge on any atom is -0.501 e. The Morgan fingerprint density at radius 3 is 2.75 bits per heavy atom. The molecule has 11 heteroatoms. The Labute approximate surface area is 212 Å². The van der Waals surface area contributed by atoms with Crippen LogP contribution in [-0.4, -0.2) is 58.1 Å². The lowest BCUT2D eigenvalue weighted by Gasteiger charge is -2.27. The summed E-state index contributed by atoms with van der Waals surface area (Å²) in [4.78, 5) is 45.2. The first kappa shape index (κ1) is 25.8. The van der Waals surface area contributed by atoms with E-state index in [4.69, 9.17) is 21.1 Å². The Bertz CT molecular complexity index is 1280. The Morgan fingerprint density at radius 2 is 2.00 bits per heavy atom. The van der Waals surface area contributed by atoms with Gasteiger partial charge < -0.3 is 19.5 Å². The number of carbonyl (C=O) groups excluding carboxylic acids is 2. The molecule has 2 bridgehead atoms. The van der Waals surface area contributed by atoms with Crippen molar-refractivity contribution in [1.29, 1.82) is 0 Å². The second kappa shape index (κ2) is 10.8. The van der Waals surface area contributed by atoms with Crippen LogP contribution in [0.4, 0.5) is 4.39 Å². The maximum atomic E-state index is 14.1. The summed E-state index contributed by atoms with van der Waals surface area (Å²) in [6.07, 6.45) is 3.86. The van der Waals surface area contributed by atoms with Crippen molar-refractivity contribution in [3.63, 3.8) is 0 Å². The van der Waals surface area contributed by atoms with Crippen LogP contribution in [0.25, 0.3) is 0 Å². The number of amides is 1. The predicted octanol–water partition coefficient (Wildman–Crippen LogP) is 3.38. The van der Waals surface area contributed by atoms with Crippen LogP contribution in [-0.2, 0) is 16.0 Å². The SMILES string of the molecule is CC[C@H]1COCC2c3nc(c(O)c(=O)n31)C(=O)CCc1cc(Cl)c(F)cc1OCC/C=C/C(=O)N2C. The van der Waals surface area contributed by atoms with Gasteiger partial charge in [-0.3, -0.25) is 19.0 Å². The highest BCUT2D eigenvalue weighted by Gasteiger charge is 2.34. The number of aromatic hydroxyl groups is 1. The summed E-state index contributed by atoms with van der Waals surface area (Å²) in [5, 5.41) is 10.6. The van der Waals surface area contributed by atoms with Crippen LogP contribution >= 0.6 is 11.6 Å². The summed E-state index contributed by atoms with van der Waals surface area (Å²) >= 11 is 5.95. The number of hydrogen-bond donors (Lipinski definition) is 1. The molecule has 0 saturated heterocycles. The van der Waals surface area contributed by atoms with E-state index in [0.717, 1.165) is 6.07 Å². The smallest absolute Gasteiger partial charge is 0.296 e. The van der Waals surface area contributed by atoms with Crippen molar-refractivity contribution in [3.05, 3.63) is 62.6 Å². The average molecular weight is 520 g/mol. The number of carbonyl (C=O) groups is 2. The number of likely N-dealkylation sites (N-methyl/N-ethyl adjacent to an activating group) is 1. The monoisotopic (exact) mass is 519 g/mol.